The van der Waals surface area contributed by atoms with Gasteiger partial charge in [-0.3, -0.25) is 0 Å². The molecule has 0 amide bonds. The Kier molecular flexibility index (Phi) is 3.83. The normalized spacial score (nSPS) is 11.6. The maximum absolute atomic E-state index is 12.1. The molecule has 0 fully saturated rings. The molecule has 0 radical (unpaired) electrons. The predicted octanol–water partition coefficient (Wildman–Crippen LogP) is 3.87. The monoisotopic (exact) mass is 284 g/mol. The number of ether oxygens (including phenoxy) is 1. The van der Waals surface area contributed by atoms with Crippen LogP contribution in [0.3, 0.4) is 0 Å². The summed E-state index contributed by atoms with van der Waals surface area (Å²) in [6.07, 6.45) is -5.46. The number of aromatic carboxylic acids is 1. The molecule has 3 nitrogen and oxygen atoms in total. The van der Waals surface area contributed by atoms with Gasteiger partial charge in [-0.1, -0.05) is 24.3 Å². The number of carboxylic acid groups (broad SMARTS) is 1. The van der Waals surface area contributed by atoms with Gasteiger partial charge in [0.05, 0.1) is 13.0 Å². The number of benzene rings is 2. The van der Waals surface area contributed by atoms with Crippen LogP contribution in [0, 0.1) is 0 Å². The summed E-state index contributed by atoms with van der Waals surface area (Å²) in [5, 5.41) is 10.5. The average molecular weight is 284 g/mol. The van der Waals surface area contributed by atoms with Gasteiger partial charge in [-0.25, -0.2) is 4.79 Å². The first-order chi connectivity index (χ1) is 9.37. The Labute approximate surface area is 112 Å². The molecule has 0 aliphatic carbocycles. The standard InChI is InChI=1S/C14H11F3O3/c15-14(16,17)5-6-20-12-8-10-4-2-1-3-9(10)7-11(12)13(18)19/h1-4,7-8H,5-6H2,(H,18,19). The van der Waals surface area contributed by atoms with Crippen molar-refractivity contribution in [1.82, 2.24) is 0 Å². The summed E-state index contributed by atoms with van der Waals surface area (Å²) < 4.78 is 41.2. The summed E-state index contributed by atoms with van der Waals surface area (Å²) in [5.41, 5.74) is -0.147. The van der Waals surface area contributed by atoms with Crippen LogP contribution in [0.2, 0.25) is 0 Å². The number of carbonyl (C=O) groups is 1. The van der Waals surface area contributed by atoms with Crippen molar-refractivity contribution in [3.63, 3.8) is 0 Å². The van der Waals surface area contributed by atoms with E-state index in [0.717, 1.165) is 0 Å². The second-order valence-electron chi connectivity index (χ2n) is 4.21. The van der Waals surface area contributed by atoms with E-state index in [1.54, 1.807) is 24.3 Å². The van der Waals surface area contributed by atoms with Gasteiger partial charge in [-0.15, -0.1) is 0 Å². The van der Waals surface area contributed by atoms with Gasteiger partial charge in [0.15, 0.2) is 0 Å². The number of alkyl halides is 3. The lowest BCUT2D eigenvalue weighted by Crippen LogP contribution is -2.14. The lowest BCUT2D eigenvalue weighted by Gasteiger charge is -2.12. The SMILES string of the molecule is O=C(O)c1cc2ccccc2cc1OCCC(F)(F)F. The molecule has 2 rings (SSSR count). The van der Waals surface area contributed by atoms with Crippen molar-refractivity contribution < 1.29 is 27.8 Å². The molecule has 1 N–H and O–H groups in total. The quantitative estimate of drug-likeness (QED) is 0.927. The lowest BCUT2D eigenvalue weighted by atomic mass is 10.1. The molecule has 0 aliphatic heterocycles. The number of halogens is 3. The van der Waals surface area contributed by atoms with Crippen molar-refractivity contribution >= 4 is 16.7 Å². The van der Waals surface area contributed by atoms with Gasteiger partial charge in [0, 0.05) is 0 Å². The predicted molar refractivity (Wildman–Crippen MR) is 67.1 cm³/mol. The molecule has 0 aromatic heterocycles. The fourth-order valence-electron chi connectivity index (χ4n) is 1.78. The number of hydrogen-bond acceptors (Lipinski definition) is 2. The molecule has 6 heteroatoms. The van der Waals surface area contributed by atoms with E-state index in [-0.39, 0.29) is 11.3 Å². The fraction of sp³-hybridized carbons (Fsp3) is 0.214. The zero-order chi connectivity index (χ0) is 14.8. The third kappa shape index (κ3) is 3.40. The summed E-state index contributed by atoms with van der Waals surface area (Å²) in [4.78, 5) is 11.1. The highest BCUT2D eigenvalue weighted by atomic mass is 19.4. The third-order valence-electron chi connectivity index (χ3n) is 2.72. The molecule has 2 aromatic rings. The van der Waals surface area contributed by atoms with E-state index in [9.17, 15) is 18.0 Å². The molecule has 0 atom stereocenters. The first kappa shape index (κ1) is 14.2. The highest BCUT2D eigenvalue weighted by molar-refractivity contribution is 5.97. The maximum Gasteiger partial charge on any atom is 0.392 e. The van der Waals surface area contributed by atoms with Crippen LogP contribution in [0.25, 0.3) is 10.8 Å². The molecule has 0 unspecified atom stereocenters. The first-order valence-electron chi connectivity index (χ1n) is 5.82. The molecule has 0 aliphatic rings. The van der Waals surface area contributed by atoms with Crippen LogP contribution in [0.5, 0.6) is 5.75 Å². The van der Waals surface area contributed by atoms with E-state index in [1.807, 2.05) is 0 Å². The number of carboxylic acids is 1. The summed E-state index contributed by atoms with van der Waals surface area (Å²) in [6.45, 7) is -0.609. The van der Waals surface area contributed by atoms with Crippen LogP contribution in [0.15, 0.2) is 36.4 Å². The molecule has 2 aromatic carbocycles. The number of fused-ring (bicyclic) bond motifs is 1. The Bertz CT molecular complexity index is 635. The van der Waals surface area contributed by atoms with Crippen molar-refractivity contribution in [3.8, 4) is 5.75 Å². The molecule has 0 saturated heterocycles. The van der Waals surface area contributed by atoms with Gasteiger partial charge in [0.1, 0.15) is 11.3 Å². The van der Waals surface area contributed by atoms with E-state index in [4.69, 9.17) is 9.84 Å². The zero-order valence-corrected chi connectivity index (χ0v) is 10.3. The molecule has 0 saturated carbocycles. The Morgan fingerprint density at radius 1 is 1.15 bits per heavy atom. The summed E-state index contributed by atoms with van der Waals surface area (Å²) >= 11 is 0. The van der Waals surface area contributed by atoms with Crippen molar-refractivity contribution in [2.24, 2.45) is 0 Å². The summed E-state index contributed by atoms with van der Waals surface area (Å²) in [6, 6.07) is 9.79. The molecular formula is C14H11F3O3. The van der Waals surface area contributed by atoms with Crippen LogP contribution in [0.1, 0.15) is 16.8 Å². The van der Waals surface area contributed by atoms with Gasteiger partial charge < -0.3 is 9.84 Å². The van der Waals surface area contributed by atoms with Gasteiger partial charge in [0.2, 0.25) is 0 Å². The van der Waals surface area contributed by atoms with Crippen LogP contribution >= 0.6 is 0 Å². The van der Waals surface area contributed by atoms with Crippen molar-refractivity contribution in [2.45, 2.75) is 12.6 Å². The van der Waals surface area contributed by atoms with Crippen LogP contribution < -0.4 is 4.74 Å². The minimum absolute atomic E-state index is 0.0551. The molecule has 0 heterocycles. The first-order valence-corrected chi connectivity index (χ1v) is 5.82. The van der Waals surface area contributed by atoms with Gasteiger partial charge in [0.25, 0.3) is 0 Å². The maximum atomic E-state index is 12.1. The lowest BCUT2D eigenvalue weighted by molar-refractivity contribution is -0.139. The molecule has 0 spiro atoms. The van der Waals surface area contributed by atoms with E-state index in [0.29, 0.717) is 10.8 Å². The topological polar surface area (TPSA) is 46.5 Å². The Hall–Kier alpha value is -2.24. The summed E-state index contributed by atoms with van der Waals surface area (Å²) in [5.74, 6) is -1.29. The van der Waals surface area contributed by atoms with Crippen molar-refractivity contribution in [3.05, 3.63) is 42.0 Å². The van der Waals surface area contributed by atoms with Crippen LogP contribution in [-0.4, -0.2) is 23.9 Å². The van der Waals surface area contributed by atoms with Gasteiger partial charge in [-0.2, -0.15) is 13.2 Å². The van der Waals surface area contributed by atoms with E-state index in [1.165, 1.54) is 12.1 Å². The van der Waals surface area contributed by atoms with Crippen molar-refractivity contribution in [1.29, 1.82) is 0 Å². The number of hydrogen-bond donors (Lipinski definition) is 1. The Balaban J connectivity index is 2.30. The Morgan fingerprint density at radius 2 is 1.75 bits per heavy atom. The number of rotatable bonds is 4. The van der Waals surface area contributed by atoms with E-state index in [2.05, 4.69) is 0 Å². The minimum atomic E-state index is -4.33. The molecule has 20 heavy (non-hydrogen) atoms. The average Bonchev–Trinajstić information content (AvgIpc) is 2.36. The second-order valence-corrected chi connectivity index (χ2v) is 4.21. The van der Waals surface area contributed by atoms with Gasteiger partial charge in [-0.05, 0) is 22.9 Å². The van der Waals surface area contributed by atoms with E-state index < -0.39 is 25.2 Å². The van der Waals surface area contributed by atoms with E-state index >= 15 is 0 Å². The fourth-order valence-corrected chi connectivity index (χ4v) is 1.78. The minimum Gasteiger partial charge on any atom is -0.492 e. The highest BCUT2D eigenvalue weighted by Gasteiger charge is 2.27. The Morgan fingerprint density at radius 3 is 2.30 bits per heavy atom. The van der Waals surface area contributed by atoms with Crippen LogP contribution in [-0.2, 0) is 0 Å². The molecule has 0 bridgehead atoms. The zero-order valence-electron chi connectivity index (χ0n) is 10.3. The van der Waals surface area contributed by atoms with Crippen molar-refractivity contribution in [2.75, 3.05) is 6.61 Å². The van der Waals surface area contributed by atoms with Crippen LogP contribution in [0.4, 0.5) is 13.2 Å². The summed E-state index contributed by atoms with van der Waals surface area (Å²) in [7, 11) is 0. The highest BCUT2D eigenvalue weighted by Crippen LogP contribution is 2.27. The molecular weight excluding hydrogens is 273 g/mol. The van der Waals surface area contributed by atoms with Gasteiger partial charge >= 0.3 is 12.1 Å². The largest absolute Gasteiger partial charge is 0.492 e. The molecule has 106 valence electrons. The third-order valence-corrected chi connectivity index (χ3v) is 2.72. The second kappa shape index (κ2) is 5.40. The smallest absolute Gasteiger partial charge is 0.392 e.